The monoisotopic (exact) mass is 466 g/mol. The molecule has 0 saturated carbocycles. The minimum Gasteiger partial charge on any atom is -0.491 e. The van der Waals surface area contributed by atoms with Gasteiger partial charge in [0.15, 0.2) is 11.9 Å². The molecule has 0 radical (unpaired) electrons. The zero-order chi connectivity index (χ0) is 24.2. The number of likely N-dealkylation sites (tertiary alicyclic amines) is 1. The van der Waals surface area contributed by atoms with Crippen LogP contribution in [-0.2, 0) is 17.8 Å². The highest BCUT2D eigenvalue weighted by Crippen LogP contribution is 2.29. The lowest BCUT2D eigenvalue weighted by molar-refractivity contribution is -0.145. The fraction of sp³-hybridized carbons (Fsp3) is 0.375. The van der Waals surface area contributed by atoms with Crippen LogP contribution >= 0.6 is 0 Å². The van der Waals surface area contributed by atoms with Gasteiger partial charge in [0.05, 0.1) is 6.04 Å². The minimum atomic E-state index is -1.18. The Balaban J connectivity index is 1.42. The van der Waals surface area contributed by atoms with Crippen molar-refractivity contribution < 1.29 is 19.4 Å². The second-order valence-electron chi connectivity index (χ2n) is 8.58. The molecular weight excluding hydrogens is 436 g/mol. The fourth-order valence-corrected chi connectivity index (χ4v) is 4.47. The van der Waals surface area contributed by atoms with Gasteiger partial charge in [0.25, 0.3) is 0 Å². The number of nitrogens with zero attached hydrogens (tertiary/aromatic N) is 2. The van der Waals surface area contributed by atoms with Gasteiger partial charge in [0.1, 0.15) is 18.1 Å². The molecule has 2 heterocycles. The number of benzene rings is 2. The molecule has 180 valence electrons. The van der Waals surface area contributed by atoms with Crippen LogP contribution in [-0.4, -0.2) is 58.5 Å². The van der Waals surface area contributed by atoms with Gasteiger partial charge in [0.2, 0.25) is 6.10 Å². The van der Waals surface area contributed by atoms with Gasteiger partial charge >= 0.3 is 5.97 Å². The zero-order valence-electron chi connectivity index (χ0n) is 18.9. The van der Waals surface area contributed by atoms with Crippen LogP contribution in [0.4, 0.5) is 0 Å². The van der Waals surface area contributed by atoms with Crippen molar-refractivity contribution in [2.45, 2.75) is 38.0 Å². The molecule has 2 aliphatic heterocycles. The van der Waals surface area contributed by atoms with Gasteiger partial charge in [-0.3, -0.25) is 10.8 Å². The van der Waals surface area contributed by atoms with Gasteiger partial charge in [-0.05, 0) is 54.7 Å². The van der Waals surface area contributed by atoms with E-state index in [9.17, 15) is 9.90 Å². The van der Waals surface area contributed by atoms with Crippen molar-refractivity contribution in [3.05, 3.63) is 59.2 Å². The summed E-state index contributed by atoms with van der Waals surface area (Å²) in [6.07, 6.45) is 1.48. The Morgan fingerprint density at radius 2 is 1.79 bits per heavy atom. The molecule has 2 aromatic carbocycles. The third-order valence-corrected chi connectivity index (χ3v) is 6.32. The summed E-state index contributed by atoms with van der Waals surface area (Å²) in [5.74, 6) is 0.0346. The van der Waals surface area contributed by atoms with Crippen molar-refractivity contribution >= 4 is 17.9 Å². The Morgan fingerprint density at radius 1 is 1.06 bits per heavy atom. The van der Waals surface area contributed by atoms with Crippen molar-refractivity contribution in [1.82, 2.24) is 9.80 Å². The molecular formula is C24H30N6O4. The summed E-state index contributed by atoms with van der Waals surface area (Å²) in [6, 6.07) is 12.4. The molecule has 0 amide bonds. The highest BCUT2D eigenvalue weighted by molar-refractivity contribution is 5.76. The van der Waals surface area contributed by atoms with Crippen LogP contribution in [0.3, 0.4) is 0 Å². The first-order valence-electron chi connectivity index (χ1n) is 11.3. The normalized spacial score (nSPS) is 18.2. The number of nitrogens with one attached hydrogen (secondary N) is 2. The number of carbonyl (C=O) groups is 1. The zero-order valence-corrected chi connectivity index (χ0v) is 18.9. The maximum atomic E-state index is 12.0. The van der Waals surface area contributed by atoms with E-state index in [1.807, 2.05) is 17.0 Å². The van der Waals surface area contributed by atoms with Crippen molar-refractivity contribution in [3.8, 4) is 11.5 Å². The van der Waals surface area contributed by atoms with Gasteiger partial charge in [-0.1, -0.05) is 18.2 Å². The summed E-state index contributed by atoms with van der Waals surface area (Å²) in [7, 11) is 0. The van der Waals surface area contributed by atoms with Crippen LogP contribution in [0, 0.1) is 10.8 Å². The molecule has 4 rings (SSSR count). The molecule has 1 saturated heterocycles. The van der Waals surface area contributed by atoms with E-state index in [4.69, 9.17) is 31.8 Å². The molecule has 2 aliphatic rings. The summed E-state index contributed by atoms with van der Waals surface area (Å²) in [5, 5.41) is 25.1. The molecule has 2 aromatic rings. The smallest absolute Gasteiger partial charge is 0.349 e. The Kier molecular flexibility index (Phi) is 6.76. The third kappa shape index (κ3) is 5.16. The molecule has 0 aromatic heterocycles. The van der Waals surface area contributed by atoms with Crippen molar-refractivity contribution in [3.63, 3.8) is 0 Å². The number of hydrogen-bond donors (Lipinski definition) is 5. The first-order chi connectivity index (χ1) is 16.3. The largest absolute Gasteiger partial charge is 0.491 e. The third-order valence-electron chi connectivity index (χ3n) is 6.32. The average Bonchev–Trinajstić information content (AvgIpc) is 3.30. The van der Waals surface area contributed by atoms with Crippen LogP contribution in [0.15, 0.2) is 42.5 Å². The van der Waals surface area contributed by atoms with Crippen LogP contribution in [0.2, 0.25) is 0 Å². The van der Waals surface area contributed by atoms with E-state index in [2.05, 4.69) is 0 Å². The van der Waals surface area contributed by atoms with Gasteiger partial charge in [0, 0.05) is 25.2 Å². The molecule has 0 spiro atoms. The second-order valence-corrected chi connectivity index (χ2v) is 8.58. The molecule has 10 nitrogen and oxygen atoms in total. The van der Waals surface area contributed by atoms with Crippen molar-refractivity contribution in [2.24, 2.45) is 11.5 Å². The van der Waals surface area contributed by atoms with Gasteiger partial charge in [-0.2, -0.15) is 0 Å². The number of carboxylic acids is 1. The number of ether oxygens (including phenoxy) is 2. The molecule has 0 bridgehead atoms. The predicted octanol–water partition coefficient (Wildman–Crippen LogP) is 1.88. The van der Waals surface area contributed by atoms with Crippen LogP contribution < -0.4 is 20.9 Å². The second kappa shape index (κ2) is 9.90. The van der Waals surface area contributed by atoms with Gasteiger partial charge in [-0.15, -0.1) is 0 Å². The average molecular weight is 467 g/mol. The van der Waals surface area contributed by atoms with Crippen LogP contribution in [0.5, 0.6) is 11.5 Å². The summed E-state index contributed by atoms with van der Waals surface area (Å²) in [6.45, 7) is 2.34. The molecule has 34 heavy (non-hydrogen) atoms. The summed E-state index contributed by atoms with van der Waals surface area (Å²) in [5.41, 5.74) is 13.9. The van der Waals surface area contributed by atoms with E-state index in [-0.39, 0.29) is 18.0 Å². The van der Waals surface area contributed by atoms with E-state index in [1.165, 1.54) is 0 Å². The lowest BCUT2D eigenvalue weighted by Crippen LogP contribution is -2.42. The van der Waals surface area contributed by atoms with E-state index in [0.717, 1.165) is 36.9 Å². The number of rotatable bonds is 7. The van der Waals surface area contributed by atoms with Gasteiger partial charge < -0.3 is 35.8 Å². The predicted molar refractivity (Wildman–Crippen MR) is 127 cm³/mol. The maximum absolute atomic E-state index is 12.0. The van der Waals surface area contributed by atoms with E-state index < -0.39 is 12.1 Å². The SMILES string of the molecule is N=C(N)N1CCc2ccc(OC(C(=O)O)c3ccc(OCC4CCCN4C(=N)N)cc3)cc2C1. The maximum Gasteiger partial charge on any atom is 0.349 e. The van der Waals surface area contributed by atoms with Crippen molar-refractivity contribution in [1.29, 1.82) is 10.8 Å². The number of carboxylic acid groups (broad SMARTS) is 1. The Labute approximate surface area is 198 Å². The number of fused-ring (bicyclic) bond motifs is 1. The summed E-state index contributed by atoms with van der Waals surface area (Å²) >= 11 is 0. The lowest BCUT2D eigenvalue weighted by Gasteiger charge is -2.29. The number of guanidine groups is 2. The van der Waals surface area contributed by atoms with E-state index in [0.29, 0.717) is 36.8 Å². The summed E-state index contributed by atoms with van der Waals surface area (Å²) in [4.78, 5) is 15.6. The van der Waals surface area contributed by atoms with E-state index >= 15 is 0 Å². The van der Waals surface area contributed by atoms with Gasteiger partial charge in [-0.25, -0.2) is 4.79 Å². The standard InChI is InChI=1S/C24H30N6O4/c25-23(26)29-11-9-15-3-8-20(12-17(15)13-29)34-21(22(31)32)16-4-6-19(7-5-16)33-14-18-2-1-10-30(18)24(27)28/h3-8,12,18,21H,1-2,9-11,13-14H2,(H3,25,26)(H3,27,28)(H,31,32). The molecule has 2 atom stereocenters. The first kappa shape index (κ1) is 23.2. The highest BCUT2D eigenvalue weighted by atomic mass is 16.5. The Morgan fingerprint density at radius 3 is 2.47 bits per heavy atom. The number of aliphatic carboxylic acids is 1. The molecule has 10 heteroatoms. The quantitative estimate of drug-likeness (QED) is 0.305. The molecule has 2 unspecified atom stereocenters. The minimum absolute atomic E-state index is 0.0182. The first-order valence-corrected chi connectivity index (χ1v) is 11.3. The topological polar surface area (TPSA) is 162 Å². The van der Waals surface area contributed by atoms with Crippen molar-refractivity contribution in [2.75, 3.05) is 19.7 Å². The molecule has 1 fully saturated rings. The number of hydrogen-bond acceptors (Lipinski definition) is 5. The summed E-state index contributed by atoms with van der Waals surface area (Å²) < 4.78 is 11.7. The highest BCUT2D eigenvalue weighted by Gasteiger charge is 2.27. The Bertz CT molecular complexity index is 1070. The fourth-order valence-electron chi connectivity index (χ4n) is 4.47. The number of nitrogens with two attached hydrogens (primary N) is 2. The molecule has 0 aliphatic carbocycles. The van der Waals surface area contributed by atoms with Crippen LogP contribution in [0.1, 0.15) is 35.6 Å². The van der Waals surface area contributed by atoms with E-state index in [1.54, 1.807) is 35.2 Å². The lowest BCUT2D eigenvalue weighted by atomic mass is 9.99. The Hall–Kier alpha value is -3.95. The van der Waals surface area contributed by atoms with Crippen LogP contribution in [0.25, 0.3) is 0 Å². The molecule has 7 N–H and O–H groups in total.